The third-order valence-corrected chi connectivity index (χ3v) is 2.72. The average molecular weight is 239 g/mol. The molecule has 0 atom stereocenters. The van der Waals surface area contributed by atoms with Crippen LogP contribution in [0.25, 0.3) is 5.65 Å². The fraction of sp³-hybridized carbons (Fsp3) is 0.154. The highest BCUT2D eigenvalue weighted by Crippen LogP contribution is 2.10. The summed E-state index contributed by atoms with van der Waals surface area (Å²) in [5.74, 6) is 0.617. The van der Waals surface area contributed by atoms with Crippen LogP contribution in [0.5, 0.6) is 0 Å². The van der Waals surface area contributed by atoms with E-state index in [1.54, 1.807) is 18.5 Å². The van der Waals surface area contributed by atoms with Gasteiger partial charge in [-0.3, -0.25) is 0 Å². The molecule has 0 aliphatic rings. The molecule has 3 rings (SSSR count). The van der Waals surface area contributed by atoms with E-state index in [4.69, 9.17) is 0 Å². The molecule has 5 nitrogen and oxygen atoms in total. The largest absolute Gasteiger partial charge is 0.349 e. The molecule has 0 saturated heterocycles. The Hall–Kier alpha value is -2.43. The summed E-state index contributed by atoms with van der Waals surface area (Å²) in [6, 6.07) is 5.86. The van der Waals surface area contributed by atoms with Gasteiger partial charge in [0.05, 0.1) is 12.2 Å². The lowest BCUT2D eigenvalue weighted by Crippen LogP contribution is -2.02. The van der Waals surface area contributed by atoms with Gasteiger partial charge in [0.25, 0.3) is 0 Å². The number of hydrogen-bond donors (Lipinski definition) is 1. The van der Waals surface area contributed by atoms with Crippen molar-refractivity contribution < 1.29 is 0 Å². The fourth-order valence-electron chi connectivity index (χ4n) is 1.85. The standard InChI is InChI=1S/C13H13N5/c1-10-4-2-7-18-9-11(17-12(10)18)8-16-13-14-5-3-6-15-13/h2-7,9H,8H2,1H3,(H,14,15,16). The molecule has 0 aromatic carbocycles. The predicted molar refractivity (Wildman–Crippen MR) is 69.3 cm³/mol. The van der Waals surface area contributed by atoms with Crippen molar-refractivity contribution in [1.82, 2.24) is 19.4 Å². The van der Waals surface area contributed by atoms with Gasteiger partial charge in [0.2, 0.25) is 5.95 Å². The fourth-order valence-corrected chi connectivity index (χ4v) is 1.85. The Bertz CT molecular complexity index is 659. The summed E-state index contributed by atoms with van der Waals surface area (Å²) < 4.78 is 2.03. The summed E-state index contributed by atoms with van der Waals surface area (Å²) in [5, 5.41) is 3.14. The summed E-state index contributed by atoms with van der Waals surface area (Å²) >= 11 is 0. The number of anilines is 1. The lowest BCUT2D eigenvalue weighted by atomic mass is 10.3. The van der Waals surface area contributed by atoms with E-state index in [1.807, 2.05) is 22.9 Å². The second kappa shape index (κ2) is 4.44. The van der Waals surface area contributed by atoms with Gasteiger partial charge in [0.15, 0.2) is 0 Å². The number of imidazole rings is 1. The number of rotatable bonds is 3. The summed E-state index contributed by atoms with van der Waals surface area (Å²) in [7, 11) is 0. The minimum absolute atomic E-state index is 0.616. The molecule has 18 heavy (non-hydrogen) atoms. The van der Waals surface area contributed by atoms with Crippen molar-refractivity contribution in [3.05, 3.63) is 54.2 Å². The smallest absolute Gasteiger partial charge is 0.222 e. The van der Waals surface area contributed by atoms with E-state index in [1.165, 1.54) is 5.56 Å². The first-order chi connectivity index (χ1) is 8.83. The summed E-state index contributed by atoms with van der Waals surface area (Å²) in [6.07, 6.45) is 7.43. The molecule has 0 spiro atoms. The van der Waals surface area contributed by atoms with E-state index in [2.05, 4.69) is 33.3 Å². The van der Waals surface area contributed by atoms with Gasteiger partial charge in [0.1, 0.15) is 5.65 Å². The van der Waals surface area contributed by atoms with E-state index in [9.17, 15) is 0 Å². The van der Waals surface area contributed by atoms with E-state index in [0.29, 0.717) is 12.5 Å². The minimum atomic E-state index is 0.616. The molecule has 0 saturated carbocycles. The van der Waals surface area contributed by atoms with E-state index >= 15 is 0 Å². The van der Waals surface area contributed by atoms with Crippen LogP contribution in [0.2, 0.25) is 0 Å². The molecule has 0 radical (unpaired) electrons. The zero-order valence-electron chi connectivity index (χ0n) is 10.0. The van der Waals surface area contributed by atoms with Gasteiger partial charge in [-0.1, -0.05) is 6.07 Å². The van der Waals surface area contributed by atoms with Crippen molar-refractivity contribution in [2.24, 2.45) is 0 Å². The highest BCUT2D eigenvalue weighted by atomic mass is 15.1. The van der Waals surface area contributed by atoms with E-state index in [-0.39, 0.29) is 0 Å². The molecule has 5 heteroatoms. The summed E-state index contributed by atoms with van der Waals surface area (Å²) in [6.45, 7) is 2.67. The molecule has 0 amide bonds. The van der Waals surface area contributed by atoms with Crippen LogP contribution in [0.3, 0.4) is 0 Å². The van der Waals surface area contributed by atoms with Gasteiger partial charge in [-0.2, -0.15) is 0 Å². The summed E-state index contributed by atoms with van der Waals surface area (Å²) in [5.41, 5.74) is 3.12. The average Bonchev–Trinajstić information content (AvgIpc) is 2.82. The molecule has 3 aromatic rings. The van der Waals surface area contributed by atoms with Gasteiger partial charge in [-0.05, 0) is 24.6 Å². The number of hydrogen-bond acceptors (Lipinski definition) is 4. The Labute approximate surface area is 105 Å². The molecule has 90 valence electrons. The molecule has 0 unspecified atom stereocenters. The SMILES string of the molecule is Cc1cccn2cc(CNc3ncccn3)nc12. The monoisotopic (exact) mass is 239 g/mol. The van der Waals surface area contributed by atoms with Crippen LogP contribution < -0.4 is 5.32 Å². The molecular formula is C13H13N5. The Kier molecular flexibility index (Phi) is 2.64. The first-order valence-corrected chi connectivity index (χ1v) is 5.77. The van der Waals surface area contributed by atoms with Crippen LogP contribution in [-0.2, 0) is 6.54 Å². The van der Waals surface area contributed by atoms with Gasteiger partial charge in [0, 0.05) is 24.8 Å². The van der Waals surface area contributed by atoms with E-state index in [0.717, 1.165) is 11.3 Å². The van der Waals surface area contributed by atoms with Crippen LogP contribution in [0, 0.1) is 6.92 Å². The normalized spacial score (nSPS) is 10.7. The van der Waals surface area contributed by atoms with Crippen LogP contribution in [0.1, 0.15) is 11.3 Å². The van der Waals surface area contributed by atoms with Crippen molar-refractivity contribution in [2.45, 2.75) is 13.5 Å². The van der Waals surface area contributed by atoms with Gasteiger partial charge < -0.3 is 9.72 Å². The second-order valence-corrected chi connectivity index (χ2v) is 4.08. The highest BCUT2D eigenvalue weighted by Gasteiger charge is 2.03. The number of nitrogens with one attached hydrogen (secondary N) is 1. The molecule has 0 fully saturated rings. The Morgan fingerprint density at radius 3 is 2.83 bits per heavy atom. The molecular weight excluding hydrogens is 226 g/mol. The zero-order valence-corrected chi connectivity index (χ0v) is 10.0. The molecule has 0 bridgehead atoms. The summed E-state index contributed by atoms with van der Waals surface area (Å²) in [4.78, 5) is 12.8. The minimum Gasteiger partial charge on any atom is -0.349 e. The van der Waals surface area contributed by atoms with Crippen molar-refractivity contribution >= 4 is 11.6 Å². The zero-order chi connectivity index (χ0) is 12.4. The number of aromatic nitrogens is 4. The maximum absolute atomic E-state index is 4.57. The Morgan fingerprint density at radius 1 is 1.22 bits per heavy atom. The van der Waals surface area contributed by atoms with Crippen molar-refractivity contribution in [2.75, 3.05) is 5.32 Å². The maximum atomic E-state index is 4.57. The van der Waals surface area contributed by atoms with Crippen LogP contribution in [0.4, 0.5) is 5.95 Å². The molecule has 1 N–H and O–H groups in total. The third kappa shape index (κ3) is 2.02. The first kappa shape index (κ1) is 10.7. The highest BCUT2D eigenvalue weighted by molar-refractivity contribution is 5.48. The number of aryl methyl sites for hydroxylation is 1. The number of pyridine rings is 1. The third-order valence-electron chi connectivity index (χ3n) is 2.72. The molecule has 3 heterocycles. The van der Waals surface area contributed by atoms with Crippen molar-refractivity contribution in [1.29, 1.82) is 0 Å². The number of fused-ring (bicyclic) bond motifs is 1. The van der Waals surface area contributed by atoms with Gasteiger partial charge in [-0.25, -0.2) is 15.0 Å². The Balaban J connectivity index is 1.81. The first-order valence-electron chi connectivity index (χ1n) is 5.77. The second-order valence-electron chi connectivity index (χ2n) is 4.08. The Morgan fingerprint density at radius 2 is 2.06 bits per heavy atom. The van der Waals surface area contributed by atoms with E-state index < -0.39 is 0 Å². The lowest BCUT2D eigenvalue weighted by Gasteiger charge is -2.00. The molecule has 0 aliphatic heterocycles. The van der Waals surface area contributed by atoms with Crippen LogP contribution >= 0.6 is 0 Å². The van der Waals surface area contributed by atoms with Crippen molar-refractivity contribution in [3.8, 4) is 0 Å². The number of nitrogens with zero attached hydrogens (tertiary/aromatic N) is 4. The quantitative estimate of drug-likeness (QED) is 0.760. The van der Waals surface area contributed by atoms with Gasteiger partial charge >= 0.3 is 0 Å². The molecule has 0 aliphatic carbocycles. The van der Waals surface area contributed by atoms with Crippen LogP contribution in [-0.4, -0.2) is 19.4 Å². The van der Waals surface area contributed by atoms with Crippen LogP contribution in [0.15, 0.2) is 43.0 Å². The maximum Gasteiger partial charge on any atom is 0.222 e. The van der Waals surface area contributed by atoms with Gasteiger partial charge in [-0.15, -0.1) is 0 Å². The topological polar surface area (TPSA) is 55.1 Å². The van der Waals surface area contributed by atoms with Crippen molar-refractivity contribution in [3.63, 3.8) is 0 Å². The predicted octanol–water partition coefficient (Wildman–Crippen LogP) is 2.04. The lowest BCUT2D eigenvalue weighted by molar-refractivity contribution is 1.02. The molecule has 3 aromatic heterocycles.